The fourth-order valence-corrected chi connectivity index (χ4v) is 2.26. The predicted octanol–water partition coefficient (Wildman–Crippen LogP) is 2.56. The maximum atomic E-state index is 8.85. The first-order valence-electron chi connectivity index (χ1n) is 6.69. The van der Waals surface area contributed by atoms with Gasteiger partial charge in [0, 0.05) is 38.5 Å². The molecule has 1 aromatic carbocycles. The Labute approximate surface area is 111 Å². The van der Waals surface area contributed by atoms with Gasteiger partial charge in [0.25, 0.3) is 0 Å². The molecule has 0 aromatic heterocycles. The van der Waals surface area contributed by atoms with Gasteiger partial charge in [0.05, 0.1) is 0 Å². The average molecular weight is 250 g/mol. The van der Waals surface area contributed by atoms with Crippen LogP contribution in [0.15, 0.2) is 24.3 Å². The Morgan fingerprint density at radius 1 is 1.22 bits per heavy atom. The molecule has 0 spiro atoms. The van der Waals surface area contributed by atoms with E-state index in [1.54, 1.807) is 0 Å². The zero-order chi connectivity index (χ0) is 13.5. The molecular formula is C15H26N2O. The summed E-state index contributed by atoms with van der Waals surface area (Å²) in [6.45, 7) is 4.64. The lowest BCUT2D eigenvalue weighted by Crippen LogP contribution is -2.30. The highest BCUT2D eigenvalue weighted by Crippen LogP contribution is 2.25. The van der Waals surface area contributed by atoms with E-state index in [0.29, 0.717) is 12.1 Å². The largest absolute Gasteiger partial charge is 0.396 e. The zero-order valence-corrected chi connectivity index (χ0v) is 12.0. The predicted molar refractivity (Wildman–Crippen MR) is 78.1 cm³/mol. The molecule has 0 saturated heterocycles. The third-order valence-electron chi connectivity index (χ3n) is 3.21. The maximum absolute atomic E-state index is 8.85. The second kappa shape index (κ2) is 7.39. The van der Waals surface area contributed by atoms with Crippen LogP contribution >= 0.6 is 0 Å². The van der Waals surface area contributed by atoms with Gasteiger partial charge >= 0.3 is 0 Å². The summed E-state index contributed by atoms with van der Waals surface area (Å²) in [7, 11) is 4.14. The van der Waals surface area contributed by atoms with E-state index < -0.39 is 0 Å². The fraction of sp³-hybridized carbons (Fsp3) is 0.600. The summed E-state index contributed by atoms with van der Waals surface area (Å²) in [4.78, 5) is 2.14. The van der Waals surface area contributed by atoms with E-state index in [1.807, 2.05) is 0 Å². The van der Waals surface area contributed by atoms with Gasteiger partial charge in [0.1, 0.15) is 0 Å². The third kappa shape index (κ3) is 4.31. The molecule has 1 aromatic rings. The summed E-state index contributed by atoms with van der Waals surface area (Å²) in [5.74, 6) is 0. The number of nitrogens with zero attached hydrogens (tertiary/aromatic N) is 1. The van der Waals surface area contributed by atoms with Crippen LogP contribution in [0.5, 0.6) is 0 Å². The van der Waals surface area contributed by atoms with Crippen LogP contribution in [0.3, 0.4) is 0 Å². The van der Waals surface area contributed by atoms with Crippen molar-refractivity contribution in [2.75, 3.05) is 25.6 Å². The van der Waals surface area contributed by atoms with Crippen molar-refractivity contribution in [1.82, 2.24) is 5.32 Å². The number of hydrogen-bond donors (Lipinski definition) is 2. The van der Waals surface area contributed by atoms with E-state index in [4.69, 9.17) is 5.11 Å². The maximum Gasteiger partial charge on any atom is 0.0431 e. The van der Waals surface area contributed by atoms with Crippen LogP contribution in [-0.2, 0) is 0 Å². The first-order chi connectivity index (χ1) is 8.56. The Morgan fingerprint density at radius 2 is 1.89 bits per heavy atom. The van der Waals surface area contributed by atoms with Gasteiger partial charge in [-0.15, -0.1) is 0 Å². The molecule has 102 valence electrons. The van der Waals surface area contributed by atoms with Gasteiger partial charge in [-0.25, -0.2) is 0 Å². The van der Waals surface area contributed by atoms with Gasteiger partial charge in [-0.3, -0.25) is 0 Å². The standard InChI is InChI=1S/C15H26N2O/c1-12(8-7-11-18)16-13(2)14-9-5-6-10-15(14)17(3)4/h5-6,9-10,12-13,16,18H,7-8,11H2,1-4H3. The Bertz CT molecular complexity index is 352. The van der Waals surface area contributed by atoms with Crippen molar-refractivity contribution in [1.29, 1.82) is 0 Å². The SMILES string of the molecule is CC(CCCO)NC(C)c1ccccc1N(C)C. The first-order valence-corrected chi connectivity index (χ1v) is 6.69. The minimum atomic E-state index is 0.273. The normalized spacial score (nSPS) is 14.3. The van der Waals surface area contributed by atoms with Gasteiger partial charge in [0.2, 0.25) is 0 Å². The number of nitrogens with one attached hydrogen (secondary N) is 1. The molecule has 0 saturated carbocycles. The van der Waals surface area contributed by atoms with Gasteiger partial charge < -0.3 is 15.3 Å². The highest BCUT2D eigenvalue weighted by atomic mass is 16.2. The Balaban J connectivity index is 2.68. The van der Waals surface area contributed by atoms with E-state index in [1.165, 1.54) is 11.3 Å². The molecule has 3 nitrogen and oxygen atoms in total. The highest BCUT2D eigenvalue weighted by molar-refractivity contribution is 5.53. The summed E-state index contributed by atoms with van der Waals surface area (Å²) < 4.78 is 0. The Kier molecular flexibility index (Phi) is 6.16. The molecule has 0 aliphatic heterocycles. The molecule has 0 amide bonds. The summed E-state index contributed by atoms with van der Waals surface area (Å²) in [6.07, 6.45) is 1.86. The summed E-state index contributed by atoms with van der Waals surface area (Å²) >= 11 is 0. The van der Waals surface area contributed by atoms with Gasteiger partial charge in [0.15, 0.2) is 0 Å². The van der Waals surface area contributed by atoms with E-state index >= 15 is 0 Å². The smallest absolute Gasteiger partial charge is 0.0431 e. The number of benzene rings is 1. The van der Waals surface area contributed by atoms with Crippen molar-refractivity contribution in [2.24, 2.45) is 0 Å². The summed E-state index contributed by atoms with van der Waals surface area (Å²) in [5.41, 5.74) is 2.57. The average Bonchev–Trinajstić information content (AvgIpc) is 2.36. The van der Waals surface area contributed by atoms with Gasteiger partial charge in [-0.2, -0.15) is 0 Å². The fourth-order valence-electron chi connectivity index (χ4n) is 2.26. The molecule has 2 atom stereocenters. The highest BCUT2D eigenvalue weighted by Gasteiger charge is 2.13. The van der Waals surface area contributed by atoms with Crippen molar-refractivity contribution >= 4 is 5.69 Å². The molecule has 2 unspecified atom stereocenters. The summed E-state index contributed by atoms with van der Waals surface area (Å²) in [6, 6.07) is 9.21. The lowest BCUT2D eigenvalue weighted by Gasteiger charge is -2.25. The monoisotopic (exact) mass is 250 g/mol. The van der Waals surface area contributed by atoms with E-state index in [2.05, 4.69) is 62.4 Å². The number of aliphatic hydroxyl groups is 1. The van der Waals surface area contributed by atoms with Gasteiger partial charge in [-0.05, 0) is 38.3 Å². The number of para-hydroxylation sites is 1. The molecule has 1 rings (SSSR count). The molecule has 18 heavy (non-hydrogen) atoms. The molecule has 0 heterocycles. The van der Waals surface area contributed by atoms with E-state index in [-0.39, 0.29) is 6.61 Å². The molecule has 0 aliphatic rings. The first kappa shape index (κ1) is 15.0. The summed E-state index contributed by atoms with van der Waals surface area (Å²) in [5, 5.41) is 12.4. The molecule has 0 aliphatic carbocycles. The number of anilines is 1. The topological polar surface area (TPSA) is 35.5 Å². The van der Waals surface area contributed by atoms with Crippen molar-refractivity contribution in [2.45, 2.75) is 38.8 Å². The van der Waals surface area contributed by atoms with E-state index in [0.717, 1.165) is 12.8 Å². The number of aliphatic hydroxyl groups excluding tert-OH is 1. The zero-order valence-electron chi connectivity index (χ0n) is 12.0. The quantitative estimate of drug-likeness (QED) is 0.780. The number of hydrogen-bond acceptors (Lipinski definition) is 3. The minimum Gasteiger partial charge on any atom is -0.396 e. The van der Waals surface area contributed by atoms with Crippen molar-refractivity contribution < 1.29 is 5.11 Å². The van der Waals surface area contributed by atoms with E-state index in [9.17, 15) is 0 Å². The number of rotatable bonds is 7. The van der Waals surface area contributed by atoms with Crippen LogP contribution in [0.4, 0.5) is 5.69 Å². The van der Waals surface area contributed by atoms with Gasteiger partial charge in [-0.1, -0.05) is 18.2 Å². The van der Waals surface area contributed by atoms with Crippen LogP contribution in [0.1, 0.15) is 38.3 Å². The van der Waals surface area contributed by atoms with Crippen LogP contribution in [-0.4, -0.2) is 31.9 Å². The lowest BCUT2D eigenvalue weighted by atomic mass is 10.0. The molecule has 0 radical (unpaired) electrons. The lowest BCUT2D eigenvalue weighted by molar-refractivity contribution is 0.274. The molecule has 0 bridgehead atoms. The van der Waals surface area contributed by atoms with Crippen LogP contribution < -0.4 is 10.2 Å². The Morgan fingerprint density at radius 3 is 2.50 bits per heavy atom. The molecule has 3 heteroatoms. The second-order valence-corrected chi connectivity index (χ2v) is 5.11. The van der Waals surface area contributed by atoms with Crippen molar-refractivity contribution in [3.05, 3.63) is 29.8 Å². The third-order valence-corrected chi connectivity index (χ3v) is 3.21. The Hall–Kier alpha value is -1.06. The van der Waals surface area contributed by atoms with Crippen molar-refractivity contribution in [3.8, 4) is 0 Å². The van der Waals surface area contributed by atoms with Crippen LogP contribution in [0.2, 0.25) is 0 Å². The molecule has 2 N–H and O–H groups in total. The molecule has 0 fully saturated rings. The molecular weight excluding hydrogens is 224 g/mol. The van der Waals surface area contributed by atoms with Crippen LogP contribution in [0.25, 0.3) is 0 Å². The van der Waals surface area contributed by atoms with Crippen molar-refractivity contribution in [3.63, 3.8) is 0 Å². The second-order valence-electron chi connectivity index (χ2n) is 5.11. The van der Waals surface area contributed by atoms with Crippen LogP contribution in [0, 0.1) is 0 Å². The minimum absolute atomic E-state index is 0.273.